The molecule has 0 aromatic carbocycles. The fourth-order valence-corrected chi connectivity index (χ4v) is 2.19. The molecule has 0 saturated carbocycles. The Bertz CT molecular complexity index is 369. The Morgan fingerprint density at radius 2 is 2.53 bits per heavy atom. The molecule has 1 amide bonds. The minimum absolute atomic E-state index is 0.110. The first kappa shape index (κ1) is 10.9. The lowest BCUT2D eigenvalue weighted by molar-refractivity contribution is 0.0925. The fraction of sp³-hybridized carbons (Fsp3) is 0.556. The van der Waals surface area contributed by atoms with Crippen LogP contribution in [0.3, 0.4) is 0 Å². The van der Waals surface area contributed by atoms with E-state index in [2.05, 4.69) is 10.3 Å². The minimum atomic E-state index is -0.180. The molecule has 1 aromatic rings. The predicted molar refractivity (Wildman–Crippen MR) is 58.6 cm³/mol. The number of aryl methyl sites for hydroxylation is 1. The van der Waals surface area contributed by atoms with Crippen LogP contribution >= 0.6 is 22.9 Å². The van der Waals surface area contributed by atoms with Gasteiger partial charge in [0.25, 0.3) is 5.91 Å². The average Bonchev–Trinajstić information content (AvgIpc) is 2.77. The number of hydrogen-bond donors (Lipinski definition) is 1. The molecule has 1 fully saturated rings. The zero-order chi connectivity index (χ0) is 10.8. The third kappa shape index (κ3) is 2.48. The summed E-state index contributed by atoms with van der Waals surface area (Å²) in [4.78, 5) is 15.8. The fourth-order valence-electron chi connectivity index (χ4n) is 1.37. The highest BCUT2D eigenvalue weighted by Gasteiger charge is 2.28. The van der Waals surface area contributed by atoms with Crippen LogP contribution in [0.15, 0.2) is 5.38 Å². The maximum absolute atomic E-state index is 11.7. The Morgan fingerprint density at radius 3 is 3.07 bits per heavy atom. The second kappa shape index (κ2) is 4.47. The molecule has 15 heavy (non-hydrogen) atoms. The number of amides is 1. The van der Waals surface area contributed by atoms with Crippen LogP contribution in [0.4, 0.5) is 0 Å². The van der Waals surface area contributed by atoms with Gasteiger partial charge in [0.1, 0.15) is 5.69 Å². The van der Waals surface area contributed by atoms with Gasteiger partial charge >= 0.3 is 0 Å². The second-order valence-corrected chi connectivity index (χ2v) is 5.01. The average molecular weight is 247 g/mol. The molecule has 2 heterocycles. The molecule has 2 rings (SSSR count). The first-order chi connectivity index (χ1) is 7.16. The number of nitrogens with one attached hydrogen (secondary N) is 1. The quantitative estimate of drug-likeness (QED) is 0.798. The van der Waals surface area contributed by atoms with Crippen LogP contribution in [-0.2, 0) is 4.74 Å². The molecule has 82 valence electrons. The van der Waals surface area contributed by atoms with E-state index in [1.165, 1.54) is 11.3 Å². The third-order valence-electron chi connectivity index (χ3n) is 2.18. The van der Waals surface area contributed by atoms with Crippen LogP contribution in [0.5, 0.6) is 0 Å². The van der Waals surface area contributed by atoms with Crippen molar-refractivity contribution in [2.24, 2.45) is 0 Å². The smallest absolute Gasteiger partial charge is 0.271 e. The van der Waals surface area contributed by atoms with Gasteiger partial charge in [0, 0.05) is 5.38 Å². The molecule has 2 atom stereocenters. The van der Waals surface area contributed by atoms with Crippen LogP contribution in [0.2, 0.25) is 0 Å². The van der Waals surface area contributed by atoms with Crippen molar-refractivity contribution < 1.29 is 9.53 Å². The van der Waals surface area contributed by atoms with Gasteiger partial charge in [-0.15, -0.1) is 22.9 Å². The molecular weight excluding hydrogens is 236 g/mol. The molecule has 1 aromatic heterocycles. The zero-order valence-electron chi connectivity index (χ0n) is 8.20. The number of alkyl halides is 1. The number of aromatic nitrogens is 1. The van der Waals surface area contributed by atoms with Crippen LogP contribution in [0.1, 0.15) is 15.5 Å². The van der Waals surface area contributed by atoms with Crippen LogP contribution in [0, 0.1) is 6.92 Å². The number of rotatable bonds is 2. The van der Waals surface area contributed by atoms with Gasteiger partial charge in [-0.3, -0.25) is 4.79 Å². The molecule has 4 nitrogen and oxygen atoms in total. The summed E-state index contributed by atoms with van der Waals surface area (Å²) in [5, 5.41) is 5.28. The molecule has 0 spiro atoms. The summed E-state index contributed by atoms with van der Waals surface area (Å²) in [6, 6.07) is -0.110. The van der Waals surface area contributed by atoms with E-state index in [0.717, 1.165) is 5.01 Å². The number of ether oxygens (including phenoxy) is 1. The van der Waals surface area contributed by atoms with E-state index in [4.69, 9.17) is 16.3 Å². The highest BCUT2D eigenvalue weighted by Crippen LogP contribution is 2.13. The predicted octanol–water partition coefficient (Wildman–Crippen LogP) is 1.19. The zero-order valence-corrected chi connectivity index (χ0v) is 9.77. The van der Waals surface area contributed by atoms with Crippen molar-refractivity contribution >= 4 is 28.8 Å². The van der Waals surface area contributed by atoms with Gasteiger partial charge in [0.05, 0.1) is 29.6 Å². The van der Waals surface area contributed by atoms with Gasteiger partial charge in [-0.05, 0) is 6.92 Å². The largest absolute Gasteiger partial charge is 0.378 e. The van der Waals surface area contributed by atoms with Gasteiger partial charge in [-0.25, -0.2) is 4.98 Å². The molecule has 2 unspecified atom stereocenters. The summed E-state index contributed by atoms with van der Waals surface area (Å²) in [6.07, 6.45) is 0. The number of hydrogen-bond acceptors (Lipinski definition) is 4. The first-order valence-corrected chi connectivity index (χ1v) is 5.93. The lowest BCUT2D eigenvalue weighted by Crippen LogP contribution is -2.40. The Labute approximate surface area is 96.6 Å². The molecule has 1 aliphatic rings. The summed E-state index contributed by atoms with van der Waals surface area (Å²) in [5.74, 6) is -0.180. The highest BCUT2D eigenvalue weighted by atomic mass is 35.5. The molecule has 0 aliphatic carbocycles. The minimum Gasteiger partial charge on any atom is -0.378 e. The van der Waals surface area contributed by atoms with Crippen LogP contribution < -0.4 is 5.32 Å². The van der Waals surface area contributed by atoms with Crippen molar-refractivity contribution in [3.8, 4) is 0 Å². The summed E-state index contributed by atoms with van der Waals surface area (Å²) in [5.41, 5.74) is 0.452. The number of thiazole rings is 1. The molecule has 0 bridgehead atoms. The highest BCUT2D eigenvalue weighted by molar-refractivity contribution is 7.09. The normalized spacial score (nSPS) is 25.5. The van der Waals surface area contributed by atoms with E-state index in [9.17, 15) is 4.79 Å². The Kier molecular flexibility index (Phi) is 3.23. The van der Waals surface area contributed by atoms with Crippen LogP contribution in [-0.4, -0.2) is 35.5 Å². The standard InChI is InChI=1S/C9H11ClN2O2S/c1-5-11-8(4-15-5)9(13)12-7-3-14-2-6(7)10/h4,6-7H,2-3H2,1H3,(H,12,13). The van der Waals surface area contributed by atoms with E-state index >= 15 is 0 Å². The van der Waals surface area contributed by atoms with Crippen molar-refractivity contribution in [2.75, 3.05) is 13.2 Å². The molecule has 0 radical (unpaired) electrons. The molecule has 1 saturated heterocycles. The number of nitrogens with zero attached hydrogens (tertiary/aromatic N) is 1. The maximum atomic E-state index is 11.7. The molecule has 6 heteroatoms. The summed E-state index contributed by atoms with van der Waals surface area (Å²) in [7, 11) is 0. The summed E-state index contributed by atoms with van der Waals surface area (Å²) >= 11 is 7.41. The van der Waals surface area contributed by atoms with Crippen molar-refractivity contribution in [1.82, 2.24) is 10.3 Å². The third-order valence-corrected chi connectivity index (χ3v) is 3.38. The van der Waals surface area contributed by atoms with E-state index in [0.29, 0.717) is 18.9 Å². The first-order valence-electron chi connectivity index (χ1n) is 4.61. The lowest BCUT2D eigenvalue weighted by atomic mass is 10.2. The van der Waals surface area contributed by atoms with E-state index in [-0.39, 0.29) is 17.3 Å². The Morgan fingerprint density at radius 1 is 1.73 bits per heavy atom. The number of halogens is 1. The van der Waals surface area contributed by atoms with Crippen molar-refractivity contribution in [2.45, 2.75) is 18.3 Å². The maximum Gasteiger partial charge on any atom is 0.271 e. The molecule has 1 aliphatic heterocycles. The Balaban J connectivity index is 1.97. The molecule has 1 N–H and O–H groups in total. The number of carbonyl (C=O) groups is 1. The summed E-state index contributed by atoms with van der Waals surface area (Å²) < 4.78 is 5.15. The van der Waals surface area contributed by atoms with Crippen molar-refractivity contribution in [3.05, 3.63) is 16.1 Å². The molecular formula is C9H11ClN2O2S. The monoisotopic (exact) mass is 246 g/mol. The SMILES string of the molecule is Cc1nc(C(=O)NC2COCC2Cl)cs1. The van der Waals surface area contributed by atoms with Gasteiger partial charge in [0.15, 0.2) is 0 Å². The van der Waals surface area contributed by atoms with E-state index in [1.807, 2.05) is 6.92 Å². The van der Waals surface area contributed by atoms with Gasteiger partial charge in [-0.2, -0.15) is 0 Å². The van der Waals surface area contributed by atoms with Gasteiger partial charge in [-0.1, -0.05) is 0 Å². The van der Waals surface area contributed by atoms with Gasteiger partial charge < -0.3 is 10.1 Å². The lowest BCUT2D eigenvalue weighted by Gasteiger charge is -2.12. The number of carbonyl (C=O) groups excluding carboxylic acids is 1. The van der Waals surface area contributed by atoms with E-state index in [1.54, 1.807) is 5.38 Å². The summed E-state index contributed by atoms with van der Waals surface area (Å²) in [6.45, 7) is 2.83. The van der Waals surface area contributed by atoms with Crippen molar-refractivity contribution in [1.29, 1.82) is 0 Å². The Hall–Kier alpha value is -0.650. The second-order valence-electron chi connectivity index (χ2n) is 3.39. The topological polar surface area (TPSA) is 51.2 Å². The van der Waals surface area contributed by atoms with Crippen LogP contribution in [0.25, 0.3) is 0 Å². The van der Waals surface area contributed by atoms with Crippen molar-refractivity contribution in [3.63, 3.8) is 0 Å². The van der Waals surface area contributed by atoms with Gasteiger partial charge in [0.2, 0.25) is 0 Å². The van der Waals surface area contributed by atoms with E-state index < -0.39 is 0 Å².